The normalized spacial score (nSPS) is 18.0. The Hall–Kier alpha value is -3.65. The van der Waals surface area contributed by atoms with Crippen LogP contribution in [0.2, 0.25) is 0 Å². The fourth-order valence-electron chi connectivity index (χ4n) is 4.37. The first-order chi connectivity index (χ1) is 18.4. The number of hydrogen-bond acceptors (Lipinski definition) is 7. The fourth-order valence-corrected chi connectivity index (χ4v) is 4.37. The third kappa shape index (κ3) is 7.47. The van der Waals surface area contributed by atoms with Crippen molar-refractivity contribution in [3.05, 3.63) is 77.9 Å². The minimum atomic E-state index is -0.667. The van der Waals surface area contributed by atoms with Crippen molar-refractivity contribution in [1.82, 2.24) is 15.3 Å². The van der Waals surface area contributed by atoms with E-state index in [-0.39, 0.29) is 23.7 Å². The standard InChI is InChI=1S/C31H39N3O5/c1-7-27(35)28-32-18-26(19-33-28)38-24-14-10-21(11-15-24)31(5,6)20-8-12-23(13-9-20)37-25-16-22(17-25)34-29(36)39-30(2,3)4/h8-15,18-19,22,25,27,35H,7,16-17H2,1-6H3,(H,34,36). The van der Waals surface area contributed by atoms with Gasteiger partial charge in [-0.2, -0.15) is 0 Å². The zero-order chi connectivity index (χ0) is 28.2. The molecule has 0 saturated heterocycles. The summed E-state index contributed by atoms with van der Waals surface area (Å²) in [5, 5.41) is 12.7. The number of carbonyl (C=O) groups excluding carboxylic acids is 1. The van der Waals surface area contributed by atoms with Gasteiger partial charge in [-0.15, -0.1) is 0 Å². The van der Waals surface area contributed by atoms with Crippen LogP contribution in [0, 0.1) is 0 Å². The molecule has 1 saturated carbocycles. The Bertz CT molecular complexity index is 1230. The van der Waals surface area contributed by atoms with E-state index < -0.39 is 11.7 Å². The van der Waals surface area contributed by atoms with Gasteiger partial charge in [0.1, 0.15) is 29.3 Å². The average Bonchev–Trinajstić information content (AvgIpc) is 2.87. The van der Waals surface area contributed by atoms with E-state index >= 15 is 0 Å². The molecule has 1 aliphatic rings. The summed E-state index contributed by atoms with van der Waals surface area (Å²) >= 11 is 0. The first kappa shape index (κ1) is 28.4. The van der Waals surface area contributed by atoms with Crippen LogP contribution in [0.25, 0.3) is 0 Å². The number of aromatic nitrogens is 2. The van der Waals surface area contributed by atoms with Crippen LogP contribution in [0.3, 0.4) is 0 Å². The van der Waals surface area contributed by atoms with Gasteiger partial charge in [0.15, 0.2) is 11.6 Å². The van der Waals surface area contributed by atoms with Crippen molar-refractivity contribution >= 4 is 6.09 Å². The zero-order valence-corrected chi connectivity index (χ0v) is 23.6. The maximum absolute atomic E-state index is 11.9. The Morgan fingerprint density at radius 1 is 0.923 bits per heavy atom. The van der Waals surface area contributed by atoms with Crippen molar-refractivity contribution in [2.24, 2.45) is 0 Å². The van der Waals surface area contributed by atoms with Crippen molar-refractivity contribution in [2.75, 3.05) is 0 Å². The second-order valence-corrected chi connectivity index (χ2v) is 11.5. The number of alkyl carbamates (subject to hydrolysis) is 1. The number of amides is 1. The van der Waals surface area contributed by atoms with E-state index in [2.05, 4.69) is 53.4 Å². The molecule has 8 heteroatoms. The largest absolute Gasteiger partial charge is 0.490 e. The van der Waals surface area contributed by atoms with E-state index in [9.17, 15) is 9.90 Å². The van der Waals surface area contributed by atoms with Crippen molar-refractivity contribution in [3.63, 3.8) is 0 Å². The number of ether oxygens (including phenoxy) is 3. The van der Waals surface area contributed by atoms with Gasteiger partial charge in [0.05, 0.1) is 12.4 Å². The Balaban J connectivity index is 1.29. The van der Waals surface area contributed by atoms with Gasteiger partial charge >= 0.3 is 6.09 Å². The Labute approximate surface area is 230 Å². The number of aliphatic hydroxyl groups is 1. The SMILES string of the molecule is CCC(O)c1ncc(Oc2ccc(C(C)(C)c3ccc(OC4CC(NC(=O)OC(C)(C)C)C4)cc3)cc2)cn1. The fraction of sp³-hybridized carbons (Fsp3) is 0.452. The quantitative estimate of drug-likeness (QED) is 0.325. The molecular formula is C31H39N3O5. The predicted octanol–water partition coefficient (Wildman–Crippen LogP) is 6.47. The Morgan fingerprint density at radius 2 is 1.46 bits per heavy atom. The zero-order valence-electron chi connectivity index (χ0n) is 23.6. The minimum absolute atomic E-state index is 0.0784. The summed E-state index contributed by atoms with van der Waals surface area (Å²) in [6.45, 7) is 11.8. The highest BCUT2D eigenvalue weighted by Gasteiger charge is 2.33. The van der Waals surface area contributed by atoms with Gasteiger partial charge < -0.3 is 24.6 Å². The molecule has 3 aromatic rings. The molecular weight excluding hydrogens is 494 g/mol. The summed E-state index contributed by atoms with van der Waals surface area (Å²) in [7, 11) is 0. The lowest BCUT2D eigenvalue weighted by Crippen LogP contribution is -2.50. The van der Waals surface area contributed by atoms with Crippen LogP contribution < -0.4 is 14.8 Å². The van der Waals surface area contributed by atoms with Crippen LogP contribution >= 0.6 is 0 Å². The number of rotatable bonds is 9. The highest BCUT2D eigenvalue weighted by atomic mass is 16.6. The van der Waals surface area contributed by atoms with Crippen molar-refractivity contribution in [3.8, 4) is 17.2 Å². The molecule has 0 bridgehead atoms. The van der Waals surface area contributed by atoms with E-state index in [0.29, 0.717) is 23.7 Å². The second kappa shape index (κ2) is 11.6. The minimum Gasteiger partial charge on any atom is -0.490 e. The topological polar surface area (TPSA) is 103 Å². The Morgan fingerprint density at radius 3 is 1.97 bits per heavy atom. The van der Waals surface area contributed by atoms with Crippen LogP contribution in [-0.2, 0) is 10.2 Å². The number of aliphatic hydroxyl groups excluding tert-OH is 1. The van der Waals surface area contributed by atoms with E-state index in [1.807, 2.05) is 52.0 Å². The molecule has 39 heavy (non-hydrogen) atoms. The third-order valence-corrected chi connectivity index (χ3v) is 6.84. The summed E-state index contributed by atoms with van der Waals surface area (Å²) < 4.78 is 17.3. The lowest BCUT2D eigenvalue weighted by Gasteiger charge is -2.36. The Kier molecular flexibility index (Phi) is 8.45. The number of carbonyl (C=O) groups is 1. The maximum atomic E-state index is 11.9. The van der Waals surface area contributed by atoms with E-state index in [0.717, 1.165) is 24.2 Å². The molecule has 1 unspecified atom stereocenters. The molecule has 1 atom stereocenters. The van der Waals surface area contributed by atoms with Gasteiger partial charge in [-0.25, -0.2) is 14.8 Å². The van der Waals surface area contributed by atoms with Crippen LogP contribution in [0.5, 0.6) is 17.2 Å². The highest BCUT2D eigenvalue weighted by Crippen LogP contribution is 2.35. The molecule has 1 fully saturated rings. The number of benzene rings is 2. The second-order valence-electron chi connectivity index (χ2n) is 11.5. The van der Waals surface area contributed by atoms with Gasteiger partial charge in [0, 0.05) is 24.3 Å². The summed E-state index contributed by atoms with van der Waals surface area (Å²) in [6, 6.07) is 16.3. The van der Waals surface area contributed by atoms with Gasteiger partial charge in [0.25, 0.3) is 0 Å². The van der Waals surface area contributed by atoms with Crippen molar-refractivity contribution in [2.45, 2.75) is 90.1 Å². The number of nitrogens with one attached hydrogen (secondary N) is 1. The first-order valence-corrected chi connectivity index (χ1v) is 13.5. The van der Waals surface area contributed by atoms with Crippen LogP contribution in [0.1, 0.15) is 83.9 Å². The molecule has 0 spiro atoms. The van der Waals surface area contributed by atoms with Crippen LogP contribution in [0.4, 0.5) is 4.79 Å². The maximum Gasteiger partial charge on any atom is 0.407 e. The lowest BCUT2D eigenvalue weighted by atomic mass is 9.78. The van der Waals surface area contributed by atoms with Gasteiger partial charge in [-0.05, 0) is 62.6 Å². The average molecular weight is 534 g/mol. The molecule has 208 valence electrons. The van der Waals surface area contributed by atoms with Gasteiger partial charge in [0.2, 0.25) is 0 Å². The highest BCUT2D eigenvalue weighted by molar-refractivity contribution is 5.68. The number of hydrogen-bond donors (Lipinski definition) is 2. The molecule has 8 nitrogen and oxygen atoms in total. The van der Waals surface area contributed by atoms with Crippen LogP contribution in [0.15, 0.2) is 60.9 Å². The first-order valence-electron chi connectivity index (χ1n) is 13.5. The smallest absolute Gasteiger partial charge is 0.407 e. The third-order valence-electron chi connectivity index (χ3n) is 6.84. The lowest BCUT2D eigenvalue weighted by molar-refractivity contribution is 0.0363. The summed E-state index contributed by atoms with van der Waals surface area (Å²) in [5.74, 6) is 2.41. The molecule has 0 aliphatic heterocycles. The molecule has 2 aromatic carbocycles. The molecule has 1 heterocycles. The molecule has 1 aliphatic carbocycles. The summed E-state index contributed by atoms with van der Waals surface area (Å²) in [5.41, 5.74) is 1.59. The molecule has 4 rings (SSSR count). The molecule has 1 amide bonds. The van der Waals surface area contributed by atoms with E-state index in [1.165, 1.54) is 5.56 Å². The van der Waals surface area contributed by atoms with Crippen molar-refractivity contribution in [1.29, 1.82) is 0 Å². The molecule has 0 radical (unpaired) electrons. The monoisotopic (exact) mass is 533 g/mol. The van der Waals surface area contributed by atoms with Crippen LogP contribution in [-0.4, -0.2) is 38.9 Å². The predicted molar refractivity (Wildman–Crippen MR) is 149 cm³/mol. The van der Waals surface area contributed by atoms with Crippen molar-refractivity contribution < 1.29 is 24.1 Å². The van der Waals surface area contributed by atoms with E-state index in [4.69, 9.17) is 14.2 Å². The van der Waals surface area contributed by atoms with E-state index in [1.54, 1.807) is 12.4 Å². The van der Waals surface area contributed by atoms with Gasteiger partial charge in [-0.3, -0.25) is 0 Å². The van der Waals surface area contributed by atoms with Gasteiger partial charge in [-0.1, -0.05) is 45.0 Å². The summed E-state index contributed by atoms with van der Waals surface area (Å²) in [4.78, 5) is 20.3. The summed E-state index contributed by atoms with van der Waals surface area (Å²) in [6.07, 6.45) is 4.26. The molecule has 1 aromatic heterocycles. The molecule has 2 N–H and O–H groups in total. The number of nitrogens with zero attached hydrogens (tertiary/aromatic N) is 2.